The first-order chi connectivity index (χ1) is 8.48. The molecule has 0 aromatic carbocycles. The molecule has 0 fully saturated rings. The normalized spacial score (nSPS) is 11.3. The monoisotopic (exact) mass is 273 g/mol. The summed E-state index contributed by atoms with van der Waals surface area (Å²) in [5.74, 6) is 1.47. The van der Waals surface area contributed by atoms with Gasteiger partial charge in [0, 0.05) is 19.2 Å². The third-order valence-corrected chi connectivity index (χ3v) is 3.29. The quantitative estimate of drug-likeness (QED) is 0.611. The molecule has 1 rings (SSSR count). The van der Waals surface area contributed by atoms with Crippen molar-refractivity contribution in [3.05, 3.63) is 11.9 Å². The van der Waals surface area contributed by atoms with E-state index < -0.39 is 10.0 Å². The van der Waals surface area contributed by atoms with E-state index in [1.54, 1.807) is 7.05 Å². The van der Waals surface area contributed by atoms with E-state index in [2.05, 4.69) is 20.6 Å². The van der Waals surface area contributed by atoms with E-state index in [9.17, 15) is 8.42 Å². The Morgan fingerprint density at radius 3 is 2.56 bits per heavy atom. The Morgan fingerprint density at radius 1 is 1.33 bits per heavy atom. The van der Waals surface area contributed by atoms with Crippen molar-refractivity contribution in [2.24, 2.45) is 5.14 Å². The summed E-state index contributed by atoms with van der Waals surface area (Å²) in [4.78, 5) is 8.27. The fraction of sp³-hybridized carbons (Fsp3) is 0.600. The Labute approximate surface area is 107 Å². The van der Waals surface area contributed by atoms with Crippen LogP contribution in [0.25, 0.3) is 0 Å². The summed E-state index contributed by atoms with van der Waals surface area (Å²) in [6, 6.07) is 0. The number of nitrogens with zero attached hydrogens (tertiary/aromatic N) is 2. The third-order valence-electron chi connectivity index (χ3n) is 2.43. The average Bonchev–Trinajstić information content (AvgIpc) is 2.32. The van der Waals surface area contributed by atoms with Crippen molar-refractivity contribution in [1.82, 2.24) is 9.97 Å². The maximum Gasteiger partial charge on any atom is 0.209 e. The standard InChI is InChI=1S/C10H19N5O2S/c1-3-8-9(12-2)14-7-15-10(8)13-5-4-6-18(11,16)17/h7H,3-6H2,1-2H3,(H2,11,16,17)(H2,12,13,14,15). The number of hydrogen-bond acceptors (Lipinski definition) is 6. The average molecular weight is 273 g/mol. The van der Waals surface area contributed by atoms with Crippen LogP contribution in [0.2, 0.25) is 0 Å². The summed E-state index contributed by atoms with van der Waals surface area (Å²) in [5, 5.41) is 11.0. The minimum atomic E-state index is -3.39. The molecule has 18 heavy (non-hydrogen) atoms. The van der Waals surface area contributed by atoms with Gasteiger partial charge in [0.1, 0.15) is 18.0 Å². The Bertz CT molecular complexity index is 489. The van der Waals surface area contributed by atoms with Gasteiger partial charge >= 0.3 is 0 Å². The lowest BCUT2D eigenvalue weighted by molar-refractivity contribution is 0.595. The molecule has 0 saturated carbocycles. The van der Waals surface area contributed by atoms with Crippen LogP contribution in [0.15, 0.2) is 6.33 Å². The highest BCUT2D eigenvalue weighted by Gasteiger charge is 2.08. The number of aromatic nitrogens is 2. The molecular weight excluding hydrogens is 254 g/mol. The van der Waals surface area contributed by atoms with Crippen LogP contribution in [0.4, 0.5) is 11.6 Å². The molecule has 102 valence electrons. The first-order valence-electron chi connectivity index (χ1n) is 5.74. The summed E-state index contributed by atoms with van der Waals surface area (Å²) in [6.45, 7) is 2.51. The van der Waals surface area contributed by atoms with Gasteiger partial charge in [-0.15, -0.1) is 0 Å². The van der Waals surface area contributed by atoms with Gasteiger partial charge in [-0.3, -0.25) is 0 Å². The predicted molar refractivity (Wildman–Crippen MR) is 72.0 cm³/mol. The maximum atomic E-state index is 10.8. The molecule has 0 amide bonds. The molecule has 0 bridgehead atoms. The van der Waals surface area contributed by atoms with Gasteiger partial charge in [-0.2, -0.15) is 0 Å². The number of nitrogens with one attached hydrogen (secondary N) is 2. The van der Waals surface area contributed by atoms with E-state index in [1.807, 2.05) is 6.92 Å². The lowest BCUT2D eigenvalue weighted by Gasteiger charge is -2.12. The second-order valence-corrected chi connectivity index (χ2v) is 5.53. The molecule has 7 nitrogen and oxygen atoms in total. The topological polar surface area (TPSA) is 110 Å². The van der Waals surface area contributed by atoms with Gasteiger partial charge < -0.3 is 10.6 Å². The Kier molecular flexibility index (Phi) is 5.29. The van der Waals surface area contributed by atoms with Crippen molar-refractivity contribution in [1.29, 1.82) is 0 Å². The number of hydrogen-bond donors (Lipinski definition) is 3. The first kappa shape index (κ1) is 14.7. The molecule has 1 heterocycles. The largest absolute Gasteiger partial charge is 0.373 e. The minimum absolute atomic E-state index is 0.0363. The number of sulfonamides is 1. The smallest absolute Gasteiger partial charge is 0.209 e. The zero-order valence-corrected chi connectivity index (χ0v) is 11.4. The molecule has 0 aliphatic heterocycles. The second-order valence-electron chi connectivity index (χ2n) is 3.80. The third kappa shape index (κ3) is 4.46. The molecular formula is C10H19N5O2S. The fourth-order valence-corrected chi connectivity index (χ4v) is 2.14. The van der Waals surface area contributed by atoms with Crippen LogP contribution in [0, 0.1) is 0 Å². The van der Waals surface area contributed by atoms with Crippen LogP contribution in [-0.4, -0.2) is 37.7 Å². The maximum absolute atomic E-state index is 10.8. The summed E-state index contributed by atoms with van der Waals surface area (Å²) >= 11 is 0. The van der Waals surface area contributed by atoms with E-state index >= 15 is 0 Å². The van der Waals surface area contributed by atoms with E-state index in [4.69, 9.17) is 5.14 Å². The molecule has 0 aliphatic rings. The zero-order chi connectivity index (χ0) is 13.6. The summed E-state index contributed by atoms with van der Waals surface area (Å²) < 4.78 is 21.6. The highest BCUT2D eigenvalue weighted by atomic mass is 32.2. The Hall–Kier alpha value is -1.41. The van der Waals surface area contributed by atoms with Crippen LogP contribution in [0.1, 0.15) is 18.9 Å². The number of nitrogens with two attached hydrogens (primary N) is 1. The Balaban J connectivity index is 2.62. The van der Waals surface area contributed by atoms with E-state index in [0.717, 1.165) is 23.6 Å². The van der Waals surface area contributed by atoms with Crippen LogP contribution in [0.5, 0.6) is 0 Å². The number of primary sulfonamides is 1. The van der Waals surface area contributed by atoms with Gasteiger partial charge in [0.2, 0.25) is 10.0 Å². The summed E-state index contributed by atoms with van der Waals surface area (Å²) in [5.41, 5.74) is 0.982. The highest BCUT2D eigenvalue weighted by Crippen LogP contribution is 2.19. The summed E-state index contributed by atoms with van der Waals surface area (Å²) in [6.07, 6.45) is 2.70. The van der Waals surface area contributed by atoms with Gasteiger partial charge in [-0.05, 0) is 12.8 Å². The van der Waals surface area contributed by atoms with Gasteiger partial charge in [0.25, 0.3) is 0 Å². The molecule has 0 saturated heterocycles. The molecule has 1 aromatic heterocycles. The van der Waals surface area contributed by atoms with Gasteiger partial charge in [-0.25, -0.2) is 23.5 Å². The molecule has 1 aromatic rings. The van der Waals surface area contributed by atoms with Crippen molar-refractivity contribution >= 4 is 21.7 Å². The molecule has 0 aliphatic carbocycles. The van der Waals surface area contributed by atoms with Crippen molar-refractivity contribution < 1.29 is 8.42 Å². The number of anilines is 2. The van der Waals surface area contributed by atoms with Crippen LogP contribution < -0.4 is 15.8 Å². The van der Waals surface area contributed by atoms with Crippen LogP contribution >= 0.6 is 0 Å². The Morgan fingerprint density at radius 2 is 2.00 bits per heavy atom. The summed E-state index contributed by atoms with van der Waals surface area (Å²) in [7, 11) is -1.59. The lowest BCUT2D eigenvalue weighted by atomic mass is 10.2. The van der Waals surface area contributed by atoms with Crippen molar-refractivity contribution in [3.63, 3.8) is 0 Å². The zero-order valence-electron chi connectivity index (χ0n) is 10.6. The van der Waals surface area contributed by atoms with E-state index in [0.29, 0.717) is 13.0 Å². The molecule has 0 unspecified atom stereocenters. The van der Waals surface area contributed by atoms with Crippen molar-refractivity contribution in [2.45, 2.75) is 19.8 Å². The van der Waals surface area contributed by atoms with Crippen LogP contribution in [-0.2, 0) is 16.4 Å². The van der Waals surface area contributed by atoms with Gasteiger partial charge in [-0.1, -0.05) is 6.92 Å². The van der Waals surface area contributed by atoms with Gasteiger partial charge in [0.15, 0.2) is 0 Å². The second kappa shape index (κ2) is 6.50. The SMILES string of the molecule is CCc1c(NC)ncnc1NCCCS(N)(=O)=O. The van der Waals surface area contributed by atoms with Gasteiger partial charge in [0.05, 0.1) is 5.75 Å². The fourth-order valence-electron chi connectivity index (χ4n) is 1.60. The molecule has 4 N–H and O–H groups in total. The lowest BCUT2D eigenvalue weighted by Crippen LogP contribution is -2.19. The van der Waals surface area contributed by atoms with Crippen molar-refractivity contribution in [2.75, 3.05) is 30.0 Å². The molecule has 8 heteroatoms. The molecule has 0 radical (unpaired) electrons. The van der Waals surface area contributed by atoms with E-state index in [1.165, 1.54) is 6.33 Å². The first-order valence-corrected chi connectivity index (χ1v) is 7.45. The minimum Gasteiger partial charge on any atom is -0.373 e. The van der Waals surface area contributed by atoms with Crippen molar-refractivity contribution in [3.8, 4) is 0 Å². The van der Waals surface area contributed by atoms with E-state index in [-0.39, 0.29) is 5.75 Å². The predicted octanol–water partition coefficient (Wildman–Crippen LogP) is 0.171. The highest BCUT2D eigenvalue weighted by molar-refractivity contribution is 7.89. The molecule has 0 spiro atoms. The van der Waals surface area contributed by atoms with Crippen LogP contribution in [0.3, 0.4) is 0 Å². The number of rotatable bonds is 7. The molecule has 0 atom stereocenters.